The number of nitrogens with zero attached hydrogens (tertiary/aromatic N) is 2. The smallest absolute Gasteiger partial charge is 0.0703 e. The van der Waals surface area contributed by atoms with Gasteiger partial charge < -0.3 is 4.90 Å². The van der Waals surface area contributed by atoms with Crippen molar-refractivity contribution in [2.24, 2.45) is 0 Å². The molecule has 0 fully saturated rings. The maximum absolute atomic E-state index is 4.64. The van der Waals surface area contributed by atoms with Crippen LogP contribution < -0.4 is 15.5 Å². The summed E-state index contributed by atoms with van der Waals surface area (Å²) in [6, 6.07) is 2.27. The molecule has 0 saturated heterocycles. The highest BCUT2D eigenvalue weighted by Crippen LogP contribution is 2.11. The third-order valence-corrected chi connectivity index (χ3v) is 3.73. The molecule has 0 spiro atoms. The van der Waals surface area contributed by atoms with Crippen molar-refractivity contribution in [3.05, 3.63) is 47.1 Å². The minimum Gasteiger partial charge on any atom is -0.370 e. The molecule has 2 rings (SSSR count). The largest absolute Gasteiger partial charge is 0.370 e. The number of fused-ring (bicyclic) bond motifs is 1. The average molecular weight is 282 g/mol. The Morgan fingerprint density at radius 1 is 0.905 bits per heavy atom. The molecule has 0 bridgehead atoms. The molecule has 112 valence electrons. The molecule has 0 aromatic carbocycles. The van der Waals surface area contributed by atoms with Gasteiger partial charge in [0.05, 0.1) is 17.2 Å². The number of hydrogen-bond donors (Lipinski definition) is 0. The van der Waals surface area contributed by atoms with E-state index >= 15 is 0 Å². The molecular formula is C19H26N2. The molecule has 21 heavy (non-hydrogen) atoms. The highest BCUT2D eigenvalue weighted by molar-refractivity contribution is 5.52. The van der Waals surface area contributed by atoms with Crippen LogP contribution in [0.15, 0.2) is 36.6 Å². The van der Waals surface area contributed by atoms with Crippen LogP contribution in [0.1, 0.15) is 39.5 Å². The van der Waals surface area contributed by atoms with E-state index in [4.69, 9.17) is 0 Å². The maximum atomic E-state index is 4.64. The van der Waals surface area contributed by atoms with E-state index < -0.39 is 0 Å². The van der Waals surface area contributed by atoms with Gasteiger partial charge in [-0.15, -0.1) is 0 Å². The minimum absolute atomic E-state index is 1.05. The molecule has 1 aliphatic carbocycles. The van der Waals surface area contributed by atoms with Gasteiger partial charge in [-0.25, -0.2) is 0 Å². The minimum atomic E-state index is 1.05. The molecule has 0 amide bonds. The van der Waals surface area contributed by atoms with Gasteiger partial charge in [-0.2, -0.15) is 0 Å². The lowest BCUT2D eigenvalue weighted by molar-refractivity contribution is 0.676. The fourth-order valence-electron chi connectivity index (χ4n) is 2.43. The monoisotopic (exact) mass is 282 g/mol. The molecule has 1 aromatic heterocycles. The van der Waals surface area contributed by atoms with E-state index in [-0.39, 0.29) is 0 Å². The van der Waals surface area contributed by atoms with Gasteiger partial charge in [-0.3, -0.25) is 4.98 Å². The predicted octanol–water partition coefficient (Wildman–Crippen LogP) is 3.18. The van der Waals surface area contributed by atoms with E-state index in [1.807, 2.05) is 18.3 Å². The van der Waals surface area contributed by atoms with Crippen molar-refractivity contribution in [3.8, 4) is 0 Å². The van der Waals surface area contributed by atoms with Crippen LogP contribution in [0.4, 0.5) is 5.69 Å². The van der Waals surface area contributed by atoms with Gasteiger partial charge in [0.1, 0.15) is 0 Å². The summed E-state index contributed by atoms with van der Waals surface area (Å²) < 4.78 is 0. The normalized spacial score (nSPS) is 19.1. The SMILES string of the molecule is CCCCN(CCCC)c1cnc2/c(c1)=C/C=C\C=C\C=2. The Bertz CT molecular complexity index is 603. The molecule has 0 radical (unpaired) electrons. The van der Waals surface area contributed by atoms with E-state index in [0.29, 0.717) is 0 Å². The van der Waals surface area contributed by atoms with Crippen molar-refractivity contribution in [3.63, 3.8) is 0 Å². The highest BCUT2D eigenvalue weighted by Gasteiger charge is 2.06. The Morgan fingerprint density at radius 3 is 2.24 bits per heavy atom. The van der Waals surface area contributed by atoms with Crippen LogP contribution >= 0.6 is 0 Å². The molecule has 0 saturated carbocycles. The molecule has 0 atom stereocenters. The van der Waals surface area contributed by atoms with Crippen LogP contribution in [0, 0.1) is 0 Å². The van der Waals surface area contributed by atoms with Crippen molar-refractivity contribution in [2.75, 3.05) is 18.0 Å². The van der Waals surface area contributed by atoms with Gasteiger partial charge >= 0.3 is 0 Å². The molecule has 0 unspecified atom stereocenters. The molecular weight excluding hydrogens is 256 g/mol. The van der Waals surface area contributed by atoms with Crippen LogP contribution in [0.5, 0.6) is 0 Å². The van der Waals surface area contributed by atoms with E-state index in [1.54, 1.807) is 0 Å². The summed E-state index contributed by atoms with van der Waals surface area (Å²) in [7, 11) is 0. The second kappa shape index (κ2) is 8.46. The summed E-state index contributed by atoms with van der Waals surface area (Å²) in [5.41, 5.74) is 1.25. The molecule has 1 aromatic rings. The number of rotatable bonds is 7. The van der Waals surface area contributed by atoms with E-state index in [2.05, 4.69) is 54.1 Å². The van der Waals surface area contributed by atoms with Crippen LogP contribution in [0.25, 0.3) is 12.2 Å². The Labute approximate surface area is 128 Å². The first-order valence-corrected chi connectivity index (χ1v) is 8.11. The summed E-state index contributed by atoms with van der Waals surface area (Å²) in [5.74, 6) is 0. The standard InChI is InChI=1S/C19H26N2/c1-3-5-13-21(14-6-4-2)18-15-17-11-9-7-8-10-12-19(17)20-16-18/h7-12,15-16H,3-6,13-14H2,1-2H3/b8-7?,9-7-,10-8+,11-9?,12-10?,17-11+,19-12+. The highest BCUT2D eigenvalue weighted by atomic mass is 15.1. The van der Waals surface area contributed by atoms with Crippen molar-refractivity contribution in [1.29, 1.82) is 0 Å². The topological polar surface area (TPSA) is 16.1 Å². The summed E-state index contributed by atoms with van der Waals surface area (Å²) >= 11 is 0. The lowest BCUT2D eigenvalue weighted by Crippen LogP contribution is -2.32. The van der Waals surface area contributed by atoms with Crippen LogP contribution in [-0.4, -0.2) is 18.1 Å². The average Bonchev–Trinajstić information content (AvgIpc) is 2.48. The lowest BCUT2D eigenvalue weighted by atomic mass is 10.2. The number of anilines is 1. The quantitative estimate of drug-likeness (QED) is 0.763. The first-order valence-electron chi connectivity index (χ1n) is 8.11. The number of pyridine rings is 1. The number of aromatic nitrogens is 1. The van der Waals surface area contributed by atoms with Crippen LogP contribution in [0.3, 0.4) is 0 Å². The van der Waals surface area contributed by atoms with E-state index in [1.165, 1.54) is 36.6 Å². The van der Waals surface area contributed by atoms with Gasteiger partial charge in [0, 0.05) is 18.3 Å². The summed E-state index contributed by atoms with van der Waals surface area (Å²) in [4.78, 5) is 7.12. The van der Waals surface area contributed by atoms with Gasteiger partial charge in [0.15, 0.2) is 0 Å². The zero-order chi connectivity index (χ0) is 14.9. The Morgan fingerprint density at radius 2 is 1.57 bits per heavy atom. The second-order valence-corrected chi connectivity index (χ2v) is 5.47. The third-order valence-electron chi connectivity index (χ3n) is 3.73. The summed E-state index contributed by atoms with van der Waals surface area (Å²) in [6.07, 6.45) is 19.4. The van der Waals surface area contributed by atoms with Crippen LogP contribution in [-0.2, 0) is 0 Å². The fraction of sp³-hybridized carbons (Fsp3) is 0.421. The Balaban J connectivity index is 2.31. The van der Waals surface area contributed by atoms with Crippen molar-refractivity contribution in [1.82, 2.24) is 4.98 Å². The zero-order valence-electron chi connectivity index (χ0n) is 13.3. The molecule has 0 aliphatic heterocycles. The fourth-order valence-corrected chi connectivity index (χ4v) is 2.43. The Kier molecular flexibility index (Phi) is 6.26. The summed E-state index contributed by atoms with van der Waals surface area (Å²) in [6.45, 7) is 6.74. The van der Waals surface area contributed by atoms with Crippen molar-refractivity contribution >= 4 is 17.8 Å². The van der Waals surface area contributed by atoms with E-state index in [9.17, 15) is 0 Å². The van der Waals surface area contributed by atoms with Gasteiger partial charge in [0.25, 0.3) is 0 Å². The van der Waals surface area contributed by atoms with E-state index in [0.717, 1.165) is 18.4 Å². The molecule has 2 heteroatoms. The van der Waals surface area contributed by atoms with Crippen LogP contribution in [0.2, 0.25) is 0 Å². The van der Waals surface area contributed by atoms with Gasteiger partial charge in [0.2, 0.25) is 0 Å². The van der Waals surface area contributed by atoms with Gasteiger partial charge in [-0.05, 0) is 25.0 Å². The number of allylic oxidation sites excluding steroid dienone is 4. The molecule has 2 nitrogen and oxygen atoms in total. The Hall–Kier alpha value is -1.83. The summed E-state index contributed by atoms with van der Waals surface area (Å²) in [5, 5.41) is 2.25. The van der Waals surface area contributed by atoms with Crippen molar-refractivity contribution in [2.45, 2.75) is 39.5 Å². The zero-order valence-corrected chi connectivity index (χ0v) is 13.3. The predicted molar refractivity (Wildman–Crippen MR) is 92.7 cm³/mol. The first-order chi connectivity index (χ1) is 10.3. The molecule has 1 aliphatic rings. The maximum Gasteiger partial charge on any atom is 0.0703 e. The number of unbranched alkanes of at least 4 members (excludes halogenated alkanes) is 2. The van der Waals surface area contributed by atoms with Crippen molar-refractivity contribution < 1.29 is 0 Å². The first kappa shape index (κ1) is 15.6. The lowest BCUT2D eigenvalue weighted by Gasteiger charge is -2.24. The third kappa shape index (κ3) is 4.59. The van der Waals surface area contributed by atoms with Gasteiger partial charge in [-0.1, -0.05) is 57.1 Å². The second-order valence-electron chi connectivity index (χ2n) is 5.47. The molecule has 0 N–H and O–H groups in total. The molecule has 1 heterocycles. The number of hydrogen-bond acceptors (Lipinski definition) is 2.